The zero-order valence-corrected chi connectivity index (χ0v) is 21.0. The van der Waals surface area contributed by atoms with Crippen LogP contribution in [-0.2, 0) is 21.5 Å². The molecule has 0 N–H and O–H groups in total. The van der Waals surface area contributed by atoms with Crippen LogP contribution in [0.1, 0.15) is 54.5 Å². The first-order valence-electron chi connectivity index (χ1n) is 11.9. The van der Waals surface area contributed by atoms with Gasteiger partial charge in [-0.05, 0) is 77.4 Å². The Morgan fingerprint density at radius 3 is 2.43 bits per heavy atom. The van der Waals surface area contributed by atoms with Gasteiger partial charge in [0.2, 0.25) is 0 Å². The Morgan fingerprint density at radius 2 is 1.80 bits per heavy atom. The third kappa shape index (κ3) is 4.68. The molecule has 1 aliphatic rings. The fraction of sp³-hybridized carbons (Fsp3) is 0.300. The van der Waals surface area contributed by atoms with E-state index < -0.39 is 11.5 Å². The number of nitrogens with zero attached hydrogens (tertiary/aromatic N) is 1. The van der Waals surface area contributed by atoms with Crippen molar-refractivity contribution in [2.45, 2.75) is 38.6 Å². The van der Waals surface area contributed by atoms with Crippen LogP contribution in [0.5, 0.6) is 5.75 Å². The van der Waals surface area contributed by atoms with Crippen molar-refractivity contribution in [2.75, 3.05) is 25.7 Å². The molecule has 1 atom stereocenters. The second-order valence-electron chi connectivity index (χ2n) is 9.34. The normalized spacial score (nSPS) is 17.5. The van der Waals surface area contributed by atoms with Crippen LogP contribution in [0.4, 0.5) is 10.1 Å². The van der Waals surface area contributed by atoms with Gasteiger partial charge in [0, 0.05) is 18.3 Å². The number of hydrogen-bond donors (Lipinski definition) is 0. The Labute approximate surface area is 207 Å². The fourth-order valence-electron chi connectivity index (χ4n) is 4.98. The highest BCUT2D eigenvalue weighted by molar-refractivity contribution is 5.86. The topological polar surface area (TPSA) is 38.8 Å². The molecule has 0 spiro atoms. The molecule has 0 saturated carbocycles. The maximum atomic E-state index is 15.0. The molecule has 0 fully saturated rings. The minimum atomic E-state index is -0.532. The first kappa shape index (κ1) is 24.5. The monoisotopic (exact) mass is 473 g/mol. The Kier molecular flexibility index (Phi) is 6.97. The lowest BCUT2D eigenvalue weighted by atomic mass is 9.76. The van der Waals surface area contributed by atoms with E-state index >= 15 is 4.39 Å². The van der Waals surface area contributed by atoms with Crippen molar-refractivity contribution in [2.24, 2.45) is 0 Å². The van der Waals surface area contributed by atoms with E-state index in [1.807, 2.05) is 44.2 Å². The molecule has 4 nitrogen and oxygen atoms in total. The first-order chi connectivity index (χ1) is 16.8. The van der Waals surface area contributed by atoms with Crippen LogP contribution < -0.4 is 9.64 Å². The number of benzene rings is 3. The van der Waals surface area contributed by atoms with Gasteiger partial charge in [-0.25, -0.2) is 9.18 Å². The van der Waals surface area contributed by atoms with Gasteiger partial charge in [0.05, 0.1) is 19.8 Å². The van der Waals surface area contributed by atoms with Gasteiger partial charge < -0.3 is 14.4 Å². The summed E-state index contributed by atoms with van der Waals surface area (Å²) in [7, 11) is 3.03. The van der Waals surface area contributed by atoms with Gasteiger partial charge >= 0.3 is 5.97 Å². The van der Waals surface area contributed by atoms with Crippen molar-refractivity contribution >= 4 is 17.7 Å². The standard InChI is InChI=1S/C30H32FNO3/c1-20(2)26-13-11-24(19-28(26)31)32-17-16-22-18-25(34-4)12-14-27(22)30(32,3)23-9-6-21(7-10-23)8-15-29(33)35-5/h6-15,18-20H,16-17H2,1-5H3. The number of carbonyl (C=O) groups excluding carboxylic acids is 1. The summed E-state index contributed by atoms with van der Waals surface area (Å²) in [5.41, 5.74) is 5.40. The minimum Gasteiger partial charge on any atom is -0.497 e. The number of methoxy groups -OCH3 is 2. The van der Waals surface area contributed by atoms with Gasteiger partial charge in [0.15, 0.2) is 0 Å². The fourth-order valence-corrected chi connectivity index (χ4v) is 4.98. The molecule has 1 heterocycles. The lowest BCUT2D eigenvalue weighted by Crippen LogP contribution is -2.49. The molecular formula is C30H32FNO3. The van der Waals surface area contributed by atoms with Crippen molar-refractivity contribution in [1.29, 1.82) is 0 Å². The summed E-state index contributed by atoms with van der Waals surface area (Å²) in [4.78, 5) is 13.8. The lowest BCUT2D eigenvalue weighted by Gasteiger charge is -2.48. The highest BCUT2D eigenvalue weighted by Gasteiger charge is 2.40. The summed E-state index contributed by atoms with van der Waals surface area (Å²) < 4.78 is 25.2. The number of rotatable bonds is 6. The van der Waals surface area contributed by atoms with Crippen molar-refractivity contribution < 1.29 is 18.7 Å². The summed E-state index contributed by atoms with van der Waals surface area (Å²) in [5, 5.41) is 0. The van der Waals surface area contributed by atoms with Gasteiger partial charge in [-0.15, -0.1) is 0 Å². The molecule has 0 saturated heterocycles. The van der Waals surface area contributed by atoms with Gasteiger partial charge in [0.1, 0.15) is 11.6 Å². The zero-order chi connectivity index (χ0) is 25.2. The van der Waals surface area contributed by atoms with Gasteiger partial charge in [0.25, 0.3) is 0 Å². The molecule has 1 unspecified atom stereocenters. The van der Waals surface area contributed by atoms with Crippen molar-refractivity contribution in [3.8, 4) is 5.75 Å². The molecule has 0 aromatic heterocycles. The smallest absolute Gasteiger partial charge is 0.330 e. The molecule has 0 amide bonds. The summed E-state index contributed by atoms with van der Waals surface area (Å²) >= 11 is 0. The Bertz CT molecular complexity index is 1250. The van der Waals surface area contributed by atoms with Crippen LogP contribution >= 0.6 is 0 Å². The average Bonchev–Trinajstić information content (AvgIpc) is 2.87. The predicted octanol–water partition coefficient (Wildman–Crippen LogP) is 6.47. The highest BCUT2D eigenvalue weighted by Crippen LogP contribution is 2.45. The maximum absolute atomic E-state index is 15.0. The van der Waals surface area contributed by atoms with Crippen LogP contribution in [0.25, 0.3) is 6.08 Å². The molecule has 0 aliphatic carbocycles. The third-order valence-electron chi connectivity index (χ3n) is 6.99. The molecule has 1 aliphatic heterocycles. The average molecular weight is 474 g/mol. The second kappa shape index (κ2) is 9.95. The van der Waals surface area contributed by atoms with Crippen LogP contribution in [0, 0.1) is 5.82 Å². The summed E-state index contributed by atoms with van der Waals surface area (Å²) in [6.07, 6.45) is 3.97. The Balaban J connectivity index is 1.82. The first-order valence-corrected chi connectivity index (χ1v) is 11.9. The van der Waals surface area contributed by atoms with Gasteiger partial charge in [-0.2, -0.15) is 0 Å². The molecule has 5 heteroatoms. The van der Waals surface area contributed by atoms with Crippen molar-refractivity contribution in [3.63, 3.8) is 0 Å². The largest absolute Gasteiger partial charge is 0.497 e. The Hall–Kier alpha value is -3.60. The summed E-state index contributed by atoms with van der Waals surface area (Å²) in [6, 6.07) is 19.9. The molecule has 182 valence electrons. The third-order valence-corrected chi connectivity index (χ3v) is 6.99. The SMILES string of the molecule is COC(=O)C=Cc1ccc(C2(C)c3ccc(OC)cc3CCN2c2ccc(C(C)C)c(F)c2)cc1. The number of ether oxygens (including phenoxy) is 2. The van der Waals surface area contributed by atoms with Crippen LogP contribution in [0.2, 0.25) is 0 Å². The van der Waals surface area contributed by atoms with Gasteiger partial charge in [-0.1, -0.05) is 50.2 Å². The molecule has 3 aromatic rings. The zero-order valence-electron chi connectivity index (χ0n) is 21.0. The number of halogens is 1. The van der Waals surface area contributed by atoms with Crippen LogP contribution in [-0.4, -0.2) is 26.7 Å². The second-order valence-corrected chi connectivity index (χ2v) is 9.34. The number of fused-ring (bicyclic) bond motifs is 1. The van der Waals surface area contributed by atoms with E-state index in [2.05, 4.69) is 40.8 Å². The number of carbonyl (C=O) groups is 1. The summed E-state index contributed by atoms with van der Waals surface area (Å²) in [6.45, 7) is 6.93. The molecule has 0 radical (unpaired) electrons. The highest BCUT2D eigenvalue weighted by atomic mass is 19.1. The van der Waals surface area contributed by atoms with Crippen LogP contribution in [0.3, 0.4) is 0 Å². The Morgan fingerprint density at radius 1 is 1.06 bits per heavy atom. The maximum Gasteiger partial charge on any atom is 0.330 e. The van der Waals surface area contributed by atoms with E-state index in [-0.39, 0.29) is 11.7 Å². The van der Waals surface area contributed by atoms with E-state index in [4.69, 9.17) is 4.74 Å². The minimum absolute atomic E-state index is 0.121. The van der Waals surface area contributed by atoms with E-state index in [1.54, 1.807) is 19.3 Å². The number of anilines is 1. The van der Waals surface area contributed by atoms with E-state index in [9.17, 15) is 4.79 Å². The van der Waals surface area contributed by atoms with Gasteiger partial charge in [-0.3, -0.25) is 0 Å². The molecule has 3 aromatic carbocycles. The van der Waals surface area contributed by atoms with E-state index in [0.29, 0.717) is 0 Å². The van der Waals surface area contributed by atoms with E-state index in [0.717, 1.165) is 46.7 Å². The molecule has 35 heavy (non-hydrogen) atoms. The van der Waals surface area contributed by atoms with Crippen molar-refractivity contribution in [3.05, 3.63) is 100 Å². The molecule has 0 bridgehead atoms. The lowest BCUT2D eigenvalue weighted by molar-refractivity contribution is -0.134. The summed E-state index contributed by atoms with van der Waals surface area (Å²) in [5.74, 6) is 0.378. The predicted molar refractivity (Wildman–Crippen MR) is 138 cm³/mol. The number of esters is 1. The number of hydrogen-bond acceptors (Lipinski definition) is 4. The van der Waals surface area contributed by atoms with Crippen molar-refractivity contribution in [1.82, 2.24) is 0 Å². The van der Waals surface area contributed by atoms with E-state index in [1.165, 1.54) is 18.7 Å². The molecule has 4 rings (SSSR count). The quantitative estimate of drug-likeness (QED) is 0.304. The molecular weight excluding hydrogens is 441 g/mol. The van der Waals surface area contributed by atoms with Crippen LogP contribution in [0.15, 0.2) is 66.7 Å².